The van der Waals surface area contributed by atoms with Crippen LogP contribution in [0.2, 0.25) is 0 Å². The zero-order chi connectivity index (χ0) is 16.7. The van der Waals surface area contributed by atoms with Gasteiger partial charge in [0.2, 0.25) is 5.91 Å². The molecule has 1 spiro atoms. The summed E-state index contributed by atoms with van der Waals surface area (Å²) in [6.07, 6.45) is 3.71. The standard InChI is InChI=1S/C15H21N3O4S/c1-11(2)13(19)18-9-15(10-18)12(4-7-23(15,20)21)8-22-14-16-5-3-6-17-14/h3,5-6,11-12H,4,7-10H2,1-2H3/t12-/m0/s1. The number of sulfone groups is 1. The quantitative estimate of drug-likeness (QED) is 0.795. The van der Waals surface area contributed by atoms with Crippen molar-refractivity contribution in [1.82, 2.24) is 14.9 Å². The van der Waals surface area contributed by atoms with E-state index in [1.165, 1.54) is 0 Å². The smallest absolute Gasteiger partial charge is 0.316 e. The molecule has 23 heavy (non-hydrogen) atoms. The van der Waals surface area contributed by atoms with E-state index in [1.807, 2.05) is 13.8 Å². The lowest BCUT2D eigenvalue weighted by molar-refractivity contribution is -0.141. The molecule has 0 saturated carbocycles. The molecule has 0 N–H and O–H groups in total. The zero-order valence-electron chi connectivity index (χ0n) is 13.3. The van der Waals surface area contributed by atoms with E-state index in [2.05, 4.69) is 9.97 Å². The molecule has 1 amide bonds. The van der Waals surface area contributed by atoms with Gasteiger partial charge in [0.1, 0.15) is 4.75 Å². The Labute approximate surface area is 136 Å². The summed E-state index contributed by atoms with van der Waals surface area (Å²) in [7, 11) is -3.21. The Balaban J connectivity index is 1.70. The zero-order valence-corrected chi connectivity index (χ0v) is 14.1. The molecule has 2 saturated heterocycles. The van der Waals surface area contributed by atoms with Crippen LogP contribution in [0.5, 0.6) is 6.01 Å². The van der Waals surface area contributed by atoms with Gasteiger partial charge in [-0.15, -0.1) is 0 Å². The van der Waals surface area contributed by atoms with Crippen LogP contribution in [-0.2, 0) is 14.6 Å². The third-order valence-electron chi connectivity index (χ3n) is 4.78. The molecule has 0 unspecified atom stereocenters. The Morgan fingerprint density at radius 1 is 1.39 bits per heavy atom. The van der Waals surface area contributed by atoms with Crippen molar-refractivity contribution in [1.29, 1.82) is 0 Å². The van der Waals surface area contributed by atoms with Crippen LogP contribution in [0.15, 0.2) is 18.5 Å². The average Bonchev–Trinajstić information content (AvgIpc) is 2.74. The molecule has 1 atom stereocenters. The molecule has 3 rings (SSSR count). The van der Waals surface area contributed by atoms with Gasteiger partial charge in [0.05, 0.1) is 12.4 Å². The Bertz CT molecular complexity index is 684. The lowest BCUT2D eigenvalue weighted by atomic mass is 9.83. The van der Waals surface area contributed by atoms with Crippen molar-refractivity contribution < 1.29 is 17.9 Å². The minimum Gasteiger partial charge on any atom is -0.463 e. The van der Waals surface area contributed by atoms with E-state index in [1.54, 1.807) is 23.4 Å². The van der Waals surface area contributed by atoms with E-state index in [9.17, 15) is 13.2 Å². The molecule has 1 aromatic rings. The topological polar surface area (TPSA) is 89.5 Å². The molecule has 0 aromatic carbocycles. The van der Waals surface area contributed by atoms with Crippen LogP contribution >= 0.6 is 0 Å². The molecule has 0 aliphatic carbocycles. The third-order valence-corrected chi connectivity index (χ3v) is 7.38. The highest BCUT2D eigenvalue weighted by molar-refractivity contribution is 7.93. The average molecular weight is 339 g/mol. The Hall–Kier alpha value is -1.70. The predicted octanol–water partition coefficient (Wildman–Crippen LogP) is 0.527. The van der Waals surface area contributed by atoms with Gasteiger partial charge in [-0.3, -0.25) is 4.79 Å². The number of aromatic nitrogens is 2. The summed E-state index contributed by atoms with van der Waals surface area (Å²) >= 11 is 0. The molecule has 7 nitrogen and oxygen atoms in total. The van der Waals surface area contributed by atoms with Crippen molar-refractivity contribution in [3.05, 3.63) is 18.5 Å². The molecule has 0 radical (unpaired) electrons. The van der Waals surface area contributed by atoms with Crippen LogP contribution in [0, 0.1) is 11.8 Å². The monoisotopic (exact) mass is 339 g/mol. The molecule has 8 heteroatoms. The number of hydrogen-bond donors (Lipinski definition) is 0. The SMILES string of the molecule is CC(C)C(=O)N1CC2(C1)[C@H](COc1ncccn1)CCS2(=O)=O. The van der Waals surface area contributed by atoms with Crippen LogP contribution in [-0.4, -0.2) is 59.4 Å². The van der Waals surface area contributed by atoms with E-state index >= 15 is 0 Å². The van der Waals surface area contributed by atoms with Gasteiger partial charge in [0, 0.05) is 37.3 Å². The van der Waals surface area contributed by atoms with Crippen LogP contribution in [0.1, 0.15) is 20.3 Å². The molecular formula is C15H21N3O4S. The summed E-state index contributed by atoms with van der Waals surface area (Å²) < 4.78 is 29.7. The maximum Gasteiger partial charge on any atom is 0.316 e. The Morgan fingerprint density at radius 2 is 2.04 bits per heavy atom. The summed E-state index contributed by atoms with van der Waals surface area (Å²) in [6, 6.07) is 1.94. The van der Waals surface area contributed by atoms with Gasteiger partial charge in [-0.05, 0) is 12.5 Å². The lowest BCUT2D eigenvalue weighted by Crippen LogP contribution is -2.69. The van der Waals surface area contributed by atoms with Gasteiger partial charge in [-0.25, -0.2) is 18.4 Å². The number of carbonyl (C=O) groups excluding carboxylic acids is 1. The van der Waals surface area contributed by atoms with E-state index in [0.717, 1.165) is 0 Å². The first kappa shape index (κ1) is 16.2. The van der Waals surface area contributed by atoms with Crippen LogP contribution in [0.3, 0.4) is 0 Å². The molecule has 126 valence electrons. The van der Waals surface area contributed by atoms with Gasteiger partial charge in [0.15, 0.2) is 9.84 Å². The van der Waals surface area contributed by atoms with Crippen molar-refractivity contribution in [3.8, 4) is 6.01 Å². The molecule has 2 aliphatic rings. The molecule has 0 bridgehead atoms. The van der Waals surface area contributed by atoms with Gasteiger partial charge >= 0.3 is 6.01 Å². The summed E-state index contributed by atoms with van der Waals surface area (Å²) in [5.74, 6) is -0.0967. The summed E-state index contributed by atoms with van der Waals surface area (Å²) in [6.45, 7) is 4.45. The van der Waals surface area contributed by atoms with Crippen molar-refractivity contribution in [3.63, 3.8) is 0 Å². The van der Waals surface area contributed by atoms with Crippen LogP contribution in [0.25, 0.3) is 0 Å². The van der Waals surface area contributed by atoms with Crippen molar-refractivity contribution in [2.75, 3.05) is 25.4 Å². The molecular weight excluding hydrogens is 318 g/mol. The number of hydrogen-bond acceptors (Lipinski definition) is 6. The molecule has 3 heterocycles. The fraction of sp³-hybridized carbons (Fsp3) is 0.667. The van der Waals surface area contributed by atoms with Crippen molar-refractivity contribution in [2.24, 2.45) is 11.8 Å². The molecule has 1 aromatic heterocycles. The number of amides is 1. The summed E-state index contributed by atoms with van der Waals surface area (Å²) in [5.41, 5.74) is 0. The fourth-order valence-electron chi connectivity index (χ4n) is 3.36. The van der Waals surface area contributed by atoms with Crippen LogP contribution in [0.4, 0.5) is 0 Å². The fourth-order valence-corrected chi connectivity index (χ4v) is 5.76. The highest BCUT2D eigenvalue weighted by Gasteiger charge is 2.62. The highest BCUT2D eigenvalue weighted by atomic mass is 32.2. The number of ether oxygens (including phenoxy) is 1. The van der Waals surface area contributed by atoms with E-state index in [4.69, 9.17) is 4.74 Å². The number of rotatable bonds is 4. The first-order valence-corrected chi connectivity index (χ1v) is 9.42. The summed E-state index contributed by atoms with van der Waals surface area (Å²) in [4.78, 5) is 21.7. The van der Waals surface area contributed by atoms with E-state index in [0.29, 0.717) is 6.42 Å². The second-order valence-corrected chi connectivity index (χ2v) is 9.01. The maximum atomic E-state index is 12.5. The number of nitrogens with zero attached hydrogens (tertiary/aromatic N) is 3. The van der Waals surface area contributed by atoms with Gasteiger partial charge < -0.3 is 9.64 Å². The van der Waals surface area contributed by atoms with Gasteiger partial charge in [-0.1, -0.05) is 13.8 Å². The number of likely N-dealkylation sites (tertiary alicyclic amines) is 1. The Morgan fingerprint density at radius 3 is 2.65 bits per heavy atom. The molecule has 2 fully saturated rings. The van der Waals surface area contributed by atoms with Crippen molar-refractivity contribution in [2.45, 2.75) is 25.0 Å². The van der Waals surface area contributed by atoms with Crippen molar-refractivity contribution >= 4 is 15.7 Å². The molecule has 2 aliphatic heterocycles. The minimum atomic E-state index is -3.21. The normalized spacial score (nSPS) is 24.7. The second kappa shape index (κ2) is 5.74. The lowest BCUT2D eigenvalue weighted by Gasteiger charge is -2.50. The third kappa shape index (κ3) is 2.69. The number of carbonyl (C=O) groups is 1. The van der Waals surface area contributed by atoms with Crippen LogP contribution < -0.4 is 4.74 Å². The van der Waals surface area contributed by atoms with E-state index < -0.39 is 14.6 Å². The largest absolute Gasteiger partial charge is 0.463 e. The Kier molecular flexibility index (Phi) is 4.03. The second-order valence-electron chi connectivity index (χ2n) is 6.56. The van der Waals surface area contributed by atoms with E-state index in [-0.39, 0.29) is 49.2 Å². The predicted molar refractivity (Wildman–Crippen MR) is 83.6 cm³/mol. The first-order valence-electron chi connectivity index (χ1n) is 7.77. The minimum absolute atomic E-state index is 0.00351. The summed E-state index contributed by atoms with van der Waals surface area (Å²) in [5, 5.41) is 0. The van der Waals surface area contributed by atoms with Gasteiger partial charge in [-0.2, -0.15) is 0 Å². The van der Waals surface area contributed by atoms with Gasteiger partial charge in [0.25, 0.3) is 0 Å². The highest BCUT2D eigenvalue weighted by Crippen LogP contribution is 2.45. The maximum absolute atomic E-state index is 12.5. The first-order chi connectivity index (χ1) is 10.9.